The van der Waals surface area contributed by atoms with Gasteiger partial charge in [-0.25, -0.2) is 0 Å². The molecule has 1 atom stereocenters. The van der Waals surface area contributed by atoms with Crippen LogP contribution < -0.4 is 0 Å². The van der Waals surface area contributed by atoms with Crippen LogP contribution in [0.5, 0.6) is 0 Å². The molecular formula is C18H24ClNO3. The molecule has 1 amide bonds. The number of piperidine rings is 1. The quantitative estimate of drug-likeness (QED) is 0.790. The van der Waals surface area contributed by atoms with E-state index in [0.29, 0.717) is 31.0 Å². The summed E-state index contributed by atoms with van der Waals surface area (Å²) >= 11 is 5.94. The molecule has 0 saturated carbocycles. The third kappa shape index (κ3) is 4.25. The van der Waals surface area contributed by atoms with Gasteiger partial charge in [0.05, 0.1) is 18.9 Å². The molecule has 1 aromatic rings. The van der Waals surface area contributed by atoms with Gasteiger partial charge in [0.15, 0.2) is 0 Å². The Kier molecular flexibility index (Phi) is 6.05. The predicted octanol–water partition coefficient (Wildman–Crippen LogP) is 3.49. The topological polar surface area (TPSA) is 46.6 Å². The summed E-state index contributed by atoms with van der Waals surface area (Å²) < 4.78 is 4.80. The number of ether oxygens (including phenoxy) is 1. The molecule has 4 nitrogen and oxygen atoms in total. The molecule has 1 saturated heterocycles. The van der Waals surface area contributed by atoms with Crippen LogP contribution in [0.3, 0.4) is 0 Å². The van der Waals surface area contributed by atoms with Gasteiger partial charge in [0.25, 0.3) is 0 Å². The number of nitrogens with zero attached hydrogens (tertiary/aromatic N) is 1. The van der Waals surface area contributed by atoms with Crippen molar-refractivity contribution in [3.8, 4) is 0 Å². The molecule has 0 radical (unpaired) electrons. The summed E-state index contributed by atoms with van der Waals surface area (Å²) in [4.78, 5) is 26.4. The largest absolute Gasteiger partial charge is 0.469 e. The molecule has 1 aliphatic rings. The maximum absolute atomic E-state index is 12.9. The van der Waals surface area contributed by atoms with Gasteiger partial charge in [-0.15, -0.1) is 0 Å². The molecular weight excluding hydrogens is 314 g/mol. The van der Waals surface area contributed by atoms with E-state index in [1.54, 1.807) is 0 Å². The summed E-state index contributed by atoms with van der Waals surface area (Å²) in [7, 11) is 1.41. The maximum Gasteiger partial charge on any atom is 0.308 e. The average molecular weight is 338 g/mol. The van der Waals surface area contributed by atoms with Crippen LogP contribution >= 0.6 is 11.6 Å². The van der Waals surface area contributed by atoms with Gasteiger partial charge >= 0.3 is 5.97 Å². The Labute approximate surface area is 142 Å². The zero-order valence-corrected chi connectivity index (χ0v) is 14.7. The van der Waals surface area contributed by atoms with Crippen molar-refractivity contribution in [2.45, 2.75) is 32.6 Å². The second-order valence-corrected chi connectivity index (χ2v) is 6.83. The molecule has 5 heteroatoms. The minimum Gasteiger partial charge on any atom is -0.469 e. The lowest BCUT2D eigenvalue weighted by molar-refractivity contribution is -0.149. The van der Waals surface area contributed by atoms with Crippen LogP contribution in [-0.2, 0) is 14.3 Å². The van der Waals surface area contributed by atoms with Crippen molar-refractivity contribution in [2.75, 3.05) is 20.2 Å². The number of methoxy groups -OCH3 is 1. The van der Waals surface area contributed by atoms with Crippen molar-refractivity contribution in [1.29, 1.82) is 0 Å². The number of esters is 1. The van der Waals surface area contributed by atoms with Gasteiger partial charge in [-0.2, -0.15) is 0 Å². The summed E-state index contributed by atoms with van der Waals surface area (Å²) in [6, 6.07) is 7.49. The Hall–Kier alpha value is -1.55. The normalized spacial score (nSPS) is 17.2. The van der Waals surface area contributed by atoms with E-state index in [2.05, 4.69) is 13.8 Å². The molecule has 2 rings (SSSR count). The summed E-state index contributed by atoms with van der Waals surface area (Å²) in [6.45, 7) is 5.32. The standard InChI is InChI=1S/C18H24ClNO3/c1-12(2)16(13-4-6-15(19)7-5-13)17(21)20-10-8-14(9-11-20)18(22)23-3/h4-7,12,14,16H,8-11H2,1-3H3. The molecule has 0 aliphatic carbocycles. The fourth-order valence-electron chi connectivity index (χ4n) is 3.18. The highest BCUT2D eigenvalue weighted by atomic mass is 35.5. The first-order chi connectivity index (χ1) is 10.9. The summed E-state index contributed by atoms with van der Waals surface area (Å²) in [6.07, 6.45) is 1.34. The summed E-state index contributed by atoms with van der Waals surface area (Å²) in [5, 5.41) is 0.669. The van der Waals surface area contributed by atoms with Crippen LogP contribution in [0.4, 0.5) is 0 Å². The van der Waals surface area contributed by atoms with Crippen LogP contribution in [0.15, 0.2) is 24.3 Å². The highest BCUT2D eigenvalue weighted by Gasteiger charge is 2.33. The third-order valence-corrected chi connectivity index (χ3v) is 4.75. The second kappa shape index (κ2) is 7.82. The molecule has 0 N–H and O–H groups in total. The molecule has 1 aliphatic heterocycles. The summed E-state index contributed by atoms with van der Waals surface area (Å²) in [5.74, 6) is -0.109. The molecule has 1 heterocycles. The van der Waals surface area contributed by atoms with Crippen molar-refractivity contribution >= 4 is 23.5 Å². The smallest absolute Gasteiger partial charge is 0.308 e. The van der Waals surface area contributed by atoms with E-state index in [9.17, 15) is 9.59 Å². The number of halogens is 1. The van der Waals surface area contributed by atoms with Crippen LogP contribution in [0.1, 0.15) is 38.2 Å². The SMILES string of the molecule is COC(=O)C1CCN(C(=O)C(c2ccc(Cl)cc2)C(C)C)CC1. The number of hydrogen-bond acceptors (Lipinski definition) is 3. The molecule has 0 aromatic heterocycles. The number of amides is 1. The van der Waals surface area contributed by atoms with E-state index in [1.165, 1.54) is 7.11 Å². The van der Waals surface area contributed by atoms with E-state index in [1.807, 2.05) is 29.2 Å². The van der Waals surface area contributed by atoms with Crippen LogP contribution in [0.2, 0.25) is 5.02 Å². The molecule has 0 spiro atoms. The highest BCUT2D eigenvalue weighted by molar-refractivity contribution is 6.30. The van der Waals surface area contributed by atoms with Crippen molar-refractivity contribution in [3.05, 3.63) is 34.9 Å². The fraction of sp³-hybridized carbons (Fsp3) is 0.556. The van der Waals surface area contributed by atoms with E-state index >= 15 is 0 Å². The van der Waals surface area contributed by atoms with Crippen molar-refractivity contribution in [1.82, 2.24) is 4.90 Å². The first-order valence-electron chi connectivity index (χ1n) is 8.06. The Bertz CT molecular complexity index is 548. The van der Waals surface area contributed by atoms with Gasteiger partial charge in [0.1, 0.15) is 0 Å². The van der Waals surface area contributed by atoms with E-state index < -0.39 is 0 Å². The second-order valence-electron chi connectivity index (χ2n) is 6.40. The van der Waals surface area contributed by atoms with E-state index in [-0.39, 0.29) is 29.6 Å². The van der Waals surface area contributed by atoms with Crippen LogP contribution in [0, 0.1) is 11.8 Å². The molecule has 23 heavy (non-hydrogen) atoms. The number of likely N-dealkylation sites (tertiary alicyclic amines) is 1. The van der Waals surface area contributed by atoms with Gasteiger partial charge in [-0.3, -0.25) is 9.59 Å². The monoisotopic (exact) mass is 337 g/mol. The van der Waals surface area contributed by atoms with Gasteiger partial charge in [-0.1, -0.05) is 37.6 Å². The lowest BCUT2D eigenvalue weighted by Crippen LogP contribution is -2.43. The minimum atomic E-state index is -0.179. The first kappa shape index (κ1) is 17.8. The first-order valence-corrected chi connectivity index (χ1v) is 8.44. The van der Waals surface area contributed by atoms with E-state index in [4.69, 9.17) is 16.3 Å². The third-order valence-electron chi connectivity index (χ3n) is 4.50. The Morgan fingerprint density at radius 3 is 2.22 bits per heavy atom. The Morgan fingerprint density at radius 1 is 1.17 bits per heavy atom. The number of rotatable bonds is 4. The van der Waals surface area contributed by atoms with Gasteiger partial charge in [0.2, 0.25) is 5.91 Å². The Morgan fingerprint density at radius 2 is 1.74 bits per heavy atom. The molecule has 0 bridgehead atoms. The lowest BCUT2D eigenvalue weighted by atomic mass is 9.86. The lowest BCUT2D eigenvalue weighted by Gasteiger charge is -2.34. The number of carbonyl (C=O) groups is 2. The molecule has 1 fully saturated rings. The molecule has 1 unspecified atom stereocenters. The summed E-state index contributed by atoms with van der Waals surface area (Å²) in [5.41, 5.74) is 0.990. The van der Waals surface area contributed by atoms with Crippen LogP contribution in [0.25, 0.3) is 0 Å². The zero-order valence-electron chi connectivity index (χ0n) is 13.9. The number of benzene rings is 1. The van der Waals surface area contributed by atoms with Gasteiger partial charge in [-0.05, 0) is 36.5 Å². The molecule has 126 valence electrons. The zero-order chi connectivity index (χ0) is 17.0. The average Bonchev–Trinajstić information content (AvgIpc) is 2.56. The Balaban J connectivity index is 2.08. The number of carbonyl (C=O) groups excluding carboxylic acids is 2. The van der Waals surface area contributed by atoms with Crippen LogP contribution in [-0.4, -0.2) is 37.0 Å². The number of hydrogen-bond donors (Lipinski definition) is 0. The molecule has 1 aromatic carbocycles. The van der Waals surface area contributed by atoms with Crippen molar-refractivity contribution in [3.63, 3.8) is 0 Å². The van der Waals surface area contributed by atoms with Gasteiger partial charge in [0, 0.05) is 18.1 Å². The highest BCUT2D eigenvalue weighted by Crippen LogP contribution is 2.30. The predicted molar refractivity (Wildman–Crippen MR) is 90.4 cm³/mol. The minimum absolute atomic E-state index is 0.0860. The van der Waals surface area contributed by atoms with Crippen molar-refractivity contribution in [2.24, 2.45) is 11.8 Å². The maximum atomic E-state index is 12.9. The van der Waals surface area contributed by atoms with E-state index in [0.717, 1.165) is 5.56 Å². The van der Waals surface area contributed by atoms with Gasteiger partial charge < -0.3 is 9.64 Å². The fourth-order valence-corrected chi connectivity index (χ4v) is 3.31. The van der Waals surface area contributed by atoms with Crippen molar-refractivity contribution < 1.29 is 14.3 Å².